The molecule has 3 N–H and O–H groups in total. The highest BCUT2D eigenvalue weighted by Crippen LogP contribution is 2.33. The Bertz CT molecular complexity index is 492. The Hall–Kier alpha value is -0.420. The van der Waals surface area contributed by atoms with E-state index in [1.807, 2.05) is 6.26 Å². The minimum Gasteiger partial charge on any atom is -0.348 e. The minimum atomic E-state index is -0.181. The highest BCUT2D eigenvalue weighted by atomic mass is 35.5. The quantitative estimate of drug-likeness (QED) is 0.820. The molecule has 104 valence electrons. The van der Waals surface area contributed by atoms with Gasteiger partial charge in [-0.1, -0.05) is 23.2 Å². The summed E-state index contributed by atoms with van der Waals surface area (Å²) >= 11 is 13.6. The molecule has 0 bridgehead atoms. The maximum absolute atomic E-state index is 12.2. The number of thioether (sulfide) groups is 1. The Morgan fingerprint density at radius 3 is 2.68 bits per heavy atom. The zero-order valence-electron chi connectivity index (χ0n) is 10.6. The van der Waals surface area contributed by atoms with Gasteiger partial charge in [-0.25, -0.2) is 0 Å². The van der Waals surface area contributed by atoms with Crippen LogP contribution in [0.1, 0.15) is 23.2 Å². The van der Waals surface area contributed by atoms with Crippen molar-refractivity contribution in [1.29, 1.82) is 0 Å². The fourth-order valence-corrected chi connectivity index (χ4v) is 3.16. The second-order valence-corrected chi connectivity index (χ2v) is 6.28. The van der Waals surface area contributed by atoms with E-state index in [4.69, 9.17) is 28.9 Å². The number of nitrogens with two attached hydrogens (primary N) is 1. The second-order valence-electron chi connectivity index (χ2n) is 4.62. The summed E-state index contributed by atoms with van der Waals surface area (Å²) in [6.45, 7) is 0.455. The van der Waals surface area contributed by atoms with E-state index in [1.54, 1.807) is 12.1 Å². The van der Waals surface area contributed by atoms with Crippen molar-refractivity contribution < 1.29 is 4.79 Å². The van der Waals surface area contributed by atoms with Crippen LogP contribution in [0.3, 0.4) is 0 Å². The topological polar surface area (TPSA) is 55.1 Å². The summed E-state index contributed by atoms with van der Waals surface area (Å²) in [7, 11) is 0. The molecule has 0 aromatic heterocycles. The Balaban J connectivity index is 2.18. The first-order valence-corrected chi connectivity index (χ1v) is 8.08. The van der Waals surface area contributed by atoms with Crippen LogP contribution in [0.15, 0.2) is 17.0 Å². The third-order valence-corrected chi connectivity index (χ3v) is 4.76. The van der Waals surface area contributed by atoms with Crippen LogP contribution >= 0.6 is 35.0 Å². The number of hydrogen-bond donors (Lipinski definition) is 2. The molecule has 0 aliphatic heterocycles. The standard InChI is InChI=1S/C13H16Cl2N2OS/c1-19-12-4-8(9(14)5-10(12)15)13(18)17-11(6-16)7-2-3-7/h4-5,7,11H,2-3,6,16H2,1H3,(H,17,18). The van der Waals surface area contributed by atoms with E-state index in [2.05, 4.69) is 5.32 Å². The summed E-state index contributed by atoms with van der Waals surface area (Å²) in [6, 6.07) is 3.38. The van der Waals surface area contributed by atoms with Crippen molar-refractivity contribution in [1.82, 2.24) is 5.32 Å². The van der Waals surface area contributed by atoms with E-state index in [0.29, 0.717) is 28.1 Å². The fourth-order valence-electron chi connectivity index (χ4n) is 1.97. The third kappa shape index (κ3) is 3.57. The van der Waals surface area contributed by atoms with Gasteiger partial charge < -0.3 is 11.1 Å². The van der Waals surface area contributed by atoms with Crippen LogP contribution in [0, 0.1) is 5.92 Å². The van der Waals surface area contributed by atoms with Crippen molar-refractivity contribution in [3.63, 3.8) is 0 Å². The van der Waals surface area contributed by atoms with E-state index >= 15 is 0 Å². The molecular formula is C13H16Cl2N2OS. The molecule has 6 heteroatoms. The zero-order chi connectivity index (χ0) is 14.0. The lowest BCUT2D eigenvalue weighted by molar-refractivity contribution is 0.0933. The van der Waals surface area contributed by atoms with Crippen molar-refractivity contribution in [3.05, 3.63) is 27.7 Å². The molecule has 3 nitrogen and oxygen atoms in total. The van der Waals surface area contributed by atoms with Gasteiger partial charge in [0.15, 0.2) is 0 Å². The SMILES string of the molecule is CSc1cc(C(=O)NC(CN)C2CC2)c(Cl)cc1Cl. The molecule has 0 spiro atoms. The maximum atomic E-state index is 12.2. The summed E-state index contributed by atoms with van der Waals surface area (Å²) in [5, 5.41) is 3.88. The van der Waals surface area contributed by atoms with Gasteiger partial charge in [-0.2, -0.15) is 0 Å². The lowest BCUT2D eigenvalue weighted by Gasteiger charge is -2.17. The molecule has 1 aromatic carbocycles. The van der Waals surface area contributed by atoms with Gasteiger partial charge in [-0.15, -0.1) is 11.8 Å². The molecule has 19 heavy (non-hydrogen) atoms. The molecule has 1 unspecified atom stereocenters. The van der Waals surface area contributed by atoms with E-state index in [1.165, 1.54) is 11.8 Å². The number of carbonyl (C=O) groups is 1. The largest absolute Gasteiger partial charge is 0.348 e. The third-order valence-electron chi connectivity index (χ3n) is 3.25. The van der Waals surface area contributed by atoms with Gasteiger partial charge in [0.25, 0.3) is 5.91 Å². The summed E-state index contributed by atoms with van der Waals surface area (Å²) < 4.78 is 0. The van der Waals surface area contributed by atoms with Crippen LogP contribution in [-0.2, 0) is 0 Å². The monoisotopic (exact) mass is 318 g/mol. The lowest BCUT2D eigenvalue weighted by atomic mass is 10.1. The van der Waals surface area contributed by atoms with Crippen LogP contribution in [0.2, 0.25) is 10.0 Å². The van der Waals surface area contributed by atoms with Gasteiger partial charge >= 0.3 is 0 Å². The van der Waals surface area contributed by atoms with Crippen LogP contribution in [0.25, 0.3) is 0 Å². The first-order valence-electron chi connectivity index (χ1n) is 6.10. The molecule has 1 atom stereocenters. The molecule has 1 amide bonds. The van der Waals surface area contributed by atoms with Crippen molar-refractivity contribution in [2.45, 2.75) is 23.8 Å². The number of halogens is 2. The second kappa shape index (κ2) is 6.35. The number of hydrogen-bond acceptors (Lipinski definition) is 3. The molecule has 1 fully saturated rings. The fraction of sp³-hybridized carbons (Fsp3) is 0.462. The van der Waals surface area contributed by atoms with Gasteiger partial charge in [-0.05, 0) is 37.1 Å². The normalized spacial score (nSPS) is 16.2. The molecule has 0 heterocycles. The summed E-state index contributed by atoms with van der Waals surface area (Å²) in [5.41, 5.74) is 6.14. The molecule has 2 rings (SSSR count). The molecular weight excluding hydrogens is 303 g/mol. The Labute approximate surface area is 127 Å². The van der Waals surface area contributed by atoms with Crippen molar-refractivity contribution in [3.8, 4) is 0 Å². The Kier molecular flexibility index (Phi) is 5.01. The molecule has 1 aliphatic rings. The van der Waals surface area contributed by atoms with Crippen molar-refractivity contribution >= 4 is 40.9 Å². The molecule has 0 radical (unpaired) electrons. The number of carbonyl (C=O) groups excluding carboxylic acids is 1. The van der Waals surface area contributed by atoms with Crippen molar-refractivity contribution in [2.75, 3.05) is 12.8 Å². The first-order chi connectivity index (χ1) is 9.06. The van der Waals surface area contributed by atoms with Gasteiger partial charge in [0, 0.05) is 17.5 Å². The van der Waals surface area contributed by atoms with Crippen LogP contribution in [-0.4, -0.2) is 24.7 Å². The molecule has 1 saturated carbocycles. The van der Waals surface area contributed by atoms with Gasteiger partial charge in [-0.3, -0.25) is 4.79 Å². The van der Waals surface area contributed by atoms with E-state index in [9.17, 15) is 4.79 Å². The highest BCUT2D eigenvalue weighted by molar-refractivity contribution is 7.98. The van der Waals surface area contributed by atoms with Gasteiger partial charge in [0.2, 0.25) is 0 Å². The lowest BCUT2D eigenvalue weighted by Crippen LogP contribution is -2.41. The predicted octanol–water partition coefficient (Wildman–Crippen LogP) is 3.18. The average Bonchev–Trinajstić information content (AvgIpc) is 3.20. The molecule has 1 aromatic rings. The van der Waals surface area contributed by atoms with Crippen LogP contribution in [0.5, 0.6) is 0 Å². The van der Waals surface area contributed by atoms with Crippen LogP contribution in [0.4, 0.5) is 0 Å². The molecule has 1 aliphatic carbocycles. The summed E-state index contributed by atoms with van der Waals surface area (Å²) in [6.07, 6.45) is 4.17. The summed E-state index contributed by atoms with van der Waals surface area (Å²) in [4.78, 5) is 13.1. The van der Waals surface area contributed by atoms with E-state index in [-0.39, 0.29) is 11.9 Å². The number of rotatable bonds is 5. The number of amides is 1. The Morgan fingerprint density at radius 1 is 1.47 bits per heavy atom. The van der Waals surface area contributed by atoms with Gasteiger partial charge in [0.1, 0.15) is 0 Å². The zero-order valence-corrected chi connectivity index (χ0v) is 12.9. The maximum Gasteiger partial charge on any atom is 0.253 e. The molecule has 0 saturated heterocycles. The Morgan fingerprint density at radius 2 is 2.16 bits per heavy atom. The summed E-state index contributed by atoms with van der Waals surface area (Å²) in [5.74, 6) is 0.333. The number of nitrogens with one attached hydrogen (secondary N) is 1. The minimum absolute atomic E-state index is 0.0389. The number of benzene rings is 1. The smallest absolute Gasteiger partial charge is 0.253 e. The highest BCUT2D eigenvalue weighted by Gasteiger charge is 2.31. The van der Waals surface area contributed by atoms with Crippen molar-refractivity contribution in [2.24, 2.45) is 11.7 Å². The van der Waals surface area contributed by atoms with Gasteiger partial charge in [0.05, 0.1) is 15.6 Å². The van der Waals surface area contributed by atoms with Crippen LogP contribution < -0.4 is 11.1 Å². The predicted molar refractivity (Wildman–Crippen MR) is 81.3 cm³/mol. The average molecular weight is 319 g/mol. The van der Waals surface area contributed by atoms with E-state index in [0.717, 1.165) is 17.7 Å². The first kappa shape index (κ1) is 15.0. The van der Waals surface area contributed by atoms with E-state index < -0.39 is 0 Å².